The van der Waals surface area contributed by atoms with Gasteiger partial charge in [0.15, 0.2) is 0 Å². The molecule has 0 atom stereocenters. The number of aromatic nitrogens is 2. The van der Waals surface area contributed by atoms with Crippen LogP contribution in [-0.4, -0.2) is 47.2 Å². The van der Waals surface area contributed by atoms with Crippen LogP contribution in [0.3, 0.4) is 0 Å². The summed E-state index contributed by atoms with van der Waals surface area (Å²) >= 11 is 0. The molecule has 2 heterocycles. The highest BCUT2D eigenvalue weighted by atomic mass is 16.1. The van der Waals surface area contributed by atoms with Crippen LogP contribution < -0.4 is 10.9 Å². The van der Waals surface area contributed by atoms with Crippen LogP contribution in [0.2, 0.25) is 0 Å². The van der Waals surface area contributed by atoms with E-state index in [2.05, 4.69) is 15.2 Å². The first-order chi connectivity index (χ1) is 9.75. The molecule has 0 radical (unpaired) electrons. The van der Waals surface area contributed by atoms with Crippen molar-refractivity contribution in [2.24, 2.45) is 0 Å². The number of nitrogens with zero attached hydrogens (tertiary/aromatic N) is 3. The van der Waals surface area contributed by atoms with Crippen molar-refractivity contribution < 1.29 is 0 Å². The zero-order valence-corrected chi connectivity index (χ0v) is 11.8. The number of benzene rings is 1. The third-order valence-corrected chi connectivity index (χ3v) is 3.90. The van der Waals surface area contributed by atoms with Crippen molar-refractivity contribution in [3.05, 3.63) is 40.4 Å². The molecular formula is C15H20N4O. The van der Waals surface area contributed by atoms with Gasteiger partial charge in [-0.05, 0) is 19.1 Å². The molecule has 1 saturated heterocycles. The molecule has 0 amide bonds. The third kappa shape index (κ3) is 2.59. The van der Waals surface area contributed by atoms with Gasteiger partial charge in [-0.25, -0.2) is 4.98 Å². The number of piperazine rings is 1. The Morgan fingerprint density at radius 1 is 1.20 bits per heavy atom. The molecule has 1 aromatic carbocycles. The molecule has 1 aliphatic heterocycles. The fourth-order valence-corrected chi connectivity index (χ4v) is 2.72. The molecule has 0 aliphatic carbocycles. The van der Waals surface area contributed by atoms with E-state index >= 15 is 0 Å². The maximum absolute atomic E-state index is 12.5. The van der Waals surface area contributed by atoms with Gasteiger partial charge in [-0.3, -0.25) is 14.3 Å². The smallest absolute Gasteiger partial charge is 0.261 e. The van der Waals surface area contributed by atoms with Crippen LogP contribution in [0.25, 0.3) is 10.9 Å². The number of hydrogen-bond donors (Lipinski definition) is 1. The summed E-state index contributed by atoms with van der Waals surface area (Å²) in [5.74, 6) is 0.795. The molecule has 5 heteroatoms. The lowest BCUT2D eigenvalue weighted by Gasteiger charge is -2.27. The average molecular weight is 272 g/mol. The molecule has 2 aromatic rings. The second kappa shape index (κ2) is 5.73. The molecule has 1 N–H and O–H groups in total. The van der Waals surface area contributed by atoms with Gasteiger partial charge in [0.1, 0.15) is 5.82 Å². The molecule has 0 unspecified atom stereocenters. The van der Waals surface area contributed by atoms with E-state index in [4.69, 9.17) is 0 Å². The van der Waals surface area contributed by atoms with Crippen molar-refractivity contribution in [1.82, 2.24) is 19.8 Å². The molecule has 1 fully saturated rings. The van der Waals surface area contributed by atoms with E-state index in [1.807, 2.05) is 31.2 Å². The number of hydrogen-bond acceptors (Lipinski definition) is 4. The number of para-hydroxylation sites is 1. The standard InChI is InChI=1S/C15H20N4O/c1-12-17-14-5-3-2-4-13(14)15(20)19(12)11-10-18-8-6-16-7-9-18/h2-5,16H,6-11H2,1H3. The Balaban J connectivity index is 1.85. The summed E-state index contributed by atoms with van der Waals surface area (Å²) in [4.78, 5) is 19.4. The first-order valence-electron chi connectivity index (χ1n) is 7.15. The molecule has 1 aromatic heterocycles. The summed E-state index contributed by atoms with van der Waals surface area (Å²) < 4.78 is 1.80. The zero-order valence-electron chi connectivity index (χ0n) is 11.8. The van der Waals surface area contributed by atoms with Crippen molar-refractivity contribution in [2.75, 3.05) is 32.7 Å². The number of aryl methyl sites for hydroxylation is 1. The topological polar surface area (TPSA) is 50.2 Å². The van der Waals surface area contributed by atoms with E-state index < -0.39 is 0 Å². The first kappa shape index (κ1) is 13.3. The fraction of sp³-hybridized carbons (Fsp3) is 0.467. The molecule has 3 rings (SSSR count). The maximum Gasteiger partial charge on any atom is 0.261 e. The van der Waals surface area contributed by atoms with E-state index in [1.54, 1.807) is 4.57 Å². The van der Waals surface area contributed by atoms with Gasteiger partial charge < -0.3 is 5.32 Å². The Labute approximate surface area is 118 Å². The van der Waals surface area contributed by atoms with Crippen molar-refractivity contribution in [3.8, 4) is 0 Å². The molecule has 5 nitrogen and oxygen atoms in total. The summed E-state index contributed by atoms with van der Waals surface area (Å²) in [7, 11) is 0. The van der Waals surface area contributed by atoms with E-state index in [-0.39, 0.29) is 5.56 Å². The largest absolute Gasteiger partial charge is 0.314 e. The van der Waals surface area contributed by atoms with E-state index in [0.717, 1.165) is 44.1 Å². The lowest BCUT2D eigenvalue weighted by Crippen LogP contribution is -2.45. The minimum absolute atomic E-state index is 0.0724. The Hall–Kier alpha value is -1.72. The van der Waals surface area contributed by atoms with Crippen LogP contribution >= 0.6 is 0 Å². The monoisotopic (exact) mass is 272 g/mol. The van der Waals surface area contributed by atoms with E-state index in [0.29, 0.717) is 11.9 Å². The summed E-state index contributed by atoms with van der Waals surface area (Å²) in [6.45, 7) is 7.69. The Kier molecular flexibility index (Phi) is 3.80. The SMILES string of the molecule is Cc1nc2ccccc2c(=O)n1CCN1CCNCC1. The van der Waals surface area contributed by atoms with Crippen molar-refractivity contribution in [2.45, 2.75) is 13.5 Å². The highest BCUT2D eigenvalue weighted by Crippen LogP contribution is 2.07. The van der Waals surface area contributed by atoms with Crippen LogP contribution in [0.5, 0.6) is 0 Å². The van der Waals surface area contributed by atoms with Crippen LogP contribution in [0.4, 0.5) is 0 Å². The third-order valence-electron chi connectivity index (χ3n) is 3.90. The highest BCUT2D eigenvalue weighted by molar-refractivity contribution is 5.77. The fourth-order valence-electron chi connectivity index (χ4n) is 2.72. The van der Waals surface area contributed by atoms with Gasteiger partial charge in [0.05, 0.1) is 10.9 Å². The Morgan fingerprint density at radius 3 is 2.75 bits per heavy atom. The van der Waals surface area contributed by atoms with Crippen molar-refractivity contribution >= 4 is 10.9 Å². The average Bonchev–Trinajstić information content (AvgIpc) is 2.48. The maximum atomic E-state index is 12.5. The summed E-state index contributed by atoms with van der Waals surface area (Å²) in [6.07, 6.45) is 0. The second-order valence-corrected chi connectivity index (χ2v) is 5.22. The predicted octanol–water partition coefficient (Wildman–Crippen LogP) is 0.610. The first-order valence-corrected chi connectivity index (χ1v) is 7.15. The van der Waals surface area contributed by atoms with Gasteiger partial charge >= 0.3 is 0 Å². The predicted molar refractivity (Wildman–Crippen MR) is 80.0 cm³/mol. The van der Waals surface area contributed by atoms with Gasteiger partial charge in [0.25, 0.3) is 5.56 Å². The lowest BCUT2D eigenvalue weighted by atomic mass is 10.2. The number of rotatable bonds is 3. The van der Waals surface area contributed by atoms with Crippen LogP contribution in [-0.2, 0) is 6.54 Å². The molecule has 1 aliphatic rings. The summed E-state index contributed by atoms with van der Waals surface area (Å²) in [5, 5.41) is 4.04. The van der Waals surface area contributed by atoms with Gasteiger partial charge in [0, 0.05) is 39.3 Å². The van der Waals surface area contributed by atoms with Gasteiger partial charge in [-0.2, -0.15) is 0 Å². The Bertz CT molecular complexity index is 658. The van der Waals surface area contributed by atoms with Gasteiger partial charge in [0.2, 0.25) is 0 Å². The minimum Gasteiger partial charge on any atom is -0.314 e. The molecule has 0 bridgehead atoms. The lowest BCUT2D eigenvalue weighted by molar-refractivity contribution is 0.231. The molecule has 106 valence electrons. The quantitative estimate of drug-likeness (QED) is 0.889. The molecule has 0 spiro atoms. The molecular weight excluding hydrogens is 252 g/mol. The van der Waals surface area contributed by atoms with Crippen molar-refractivity contribution in [3.63, 3.8) is 0 Å². The summed E-state index contributed by atoms with van der Waals surface area (Å²) in [6, 6.07) is 7.55. The second-order valence-electron chi connectivity index (χ2n) is 5.22. The van der Waals surface area contributed by atoms with Gasteiger partial charge in [-0.1, -0.05) is 12.1 Å². The molecule has 0 saturated carbocycles. The van der Waals surface area contributed by atoms with Crippen molar-refractivity contribution in [1.29, 1.82) is 0 Å². The highest BCUT2D eigenvalue weighted by Gasteiger charge is 2.12. The summed E-state index contributed by atoms with van der Waals surface area (Å²) in [5.41, 5.74) is 0.858. The van der Waals surface area contributed by atoms with Crippen LogP contribution in [0, 0.1) is 6.92 Å². The van der Waals surface area contributed by atoms with Gasteiger partial charge in [-0.15, -0.1) is 0 Å². The van der Waals surface area contributed by atoms with Crippen LogP contribution in [0.15, 0.2) is 29.1 Å². The molecule has 20 heavy (non-hydrogen) atoms. The normalized spacial score (nSPS) is 16.6. The zero-order chi connectivity index (χ0) is 13.9. The Morgan fingerprint density at radius 2 is 1.95 bits per heavy atom. The number of nitrogens with one attached hydrogen (secondary N) is 1. The van der Waals surface area contributed by atoms with E-state index in [1.165, 1.54) is 0 Å². The van der Waals surface area contributed by atoms with Crippen LogP contribution in [0.1, 0.15) is 5.82 Å². The number of fused-ring (bicyclic) bond motifs is 1. The van der Waals surface area contributed by atoms with E-state index in [9.17, 15) is 4.79 Å². The minimum atomic E-state index is 0.0724.